The predicted molar refractivity (Wildman–Crippen MR) is 55.5 cm³/mol. The molecule has 0 spiro atoms. The molecule has 5 nitrogen and oxygen atoms in total. The molecule has 88 valence electrons. The molecule has 0 aromatic rings. The van der Waals surface area contributed by atoms with Crippen molar-refractivity contribution in [3.63, 3.8) is 0 Å². The monoisotopic (exact) mass is 217 g/mol. The van der Waals surface area contributed by atoms with Gasteiger partial charge in [-0.3, -0.25) is 4.79 Å². The van der Waals surface area contributed by atoms with Gasteiger partial charge in [0.15, 0.2) is 0 Å². The molecule has 0 heterocycles. The van der Waals surface area contributed by atoms with Gasteiger partial charge < -0.3 is 14.8 Å². The molecule has 1 amide bonds. The van der Waals surface area contributed by atoms with Gasteiger partial charge in [-0.1, -0.05) is 0 Å². The molecule has 1 unspecified atom stereocenters. The van der Waals surface area contributed by atoms with Crippen molar-refractivity contribution in [3.05, 3.63) is 0 Å². The highest BCUT2D eigenvalue weighted by Crippen LogP contribution is 2.08. The Morgan fingerprint density at radius 3 is 2.27 bits per heavy atom. The first kappa shape index (κ1) is 13.7. The minimum atomic E-state index is -0.722. The summed E-state index contributed by atoms with van der Waals surface area (Å²) >= 11 is 0. The van der Waals surface area contributed by atoms with Gasteiger partial charge in [-0.2, -0.15) is 0 Å². The third-order valence-electron chi connectivity index (χ3n) is 1.33. The van der Waals surface area contributed by atoms with Crippen molar-refractivity contribution in [2.24, 2.45) is 0 Å². The fourth-order valence-electron chi connectivity index (χ4n) is 0.767. The van der Waals surface area contributed by atoms with Crippen LogP contribution in [0.3, 0.4) is 0 Å². The quantitative estimate of drug-likeness (QED) is 0.727. The Balaban J connectivity index is 3.81. The lowest BCUT2D eigenvalue weighted by molar-refractivity contribution is -0.119. The van der Waals surface area contributed by atoms with Gasteiger partial charge in [0.05, 0.1) is 6.54 Å². The molecule has 0 rings (SSSR count). The molecule has 1 atom stereocenters. The normalized spacial score (nSPS) is 12.9. The fourth-order valence-corrected chi connectivity index (χ4v) is 0.767. The maximum atomic E-state index is 11.2. The summed E-state index contributed by atoms with van der Waals surface area (Å²) in [5.41, 5.74) is -0.565. The number of rotatable bonds is 3. The number of amides is 1. The average Bonchev–Trinajstić information content (AvgIpc) is 1.96. The van der Waals surface area contributed by atoms with E-state index >= 15 is 0 Å². The summed E-state index contributed by atoms with van der Waals surface area (Å²) in [5, 5.41) is 2.54. The lowest BCUT2D eigenvalue weighted by Gasteiger charge is -2.21. The van der Waals surface area contributed by atoms with Crippen molar-refractivity contribution in [1.82, 2.24) is 5.32 Å². The van der Waals surface area contributed by atoms with Crippen LogP contribution in [0.5, 0.6) is 0 Å². The van der Waals surface area contributed by atoms with Gasteiger partial charge in [-0.05, 0) is 27.7 Å². The summed E-state index contributed by atoms with van der Waals surface area (Å²) in [6.07, 6.45) is -1.12. The van der Waals surface area contributed by atoms with Gasteiger partial charge >= 0.3 is 6.16 Å². The Morgan fingerprint density at radius 2 is 1.87 bits per heavy atom. The van der Waals surface area contributed by atoms with E-state index in [4.69, 9.17) is 9.47 Å². The van der Waals surface area contributed by atoms with Crippen molar-refractivity contribution < 1.29 is 19.1 Å². The van der Waals surface area contributed by atoms with Crippen molar-refractivity contribution in [2.45, 2.75) is 46.3 Å². The molecule has 0 fully saturated rings. The summed E-state index contributed by atoms with van der Waals surface area (Å²) in [4.78, 5) is 21.7. The van der Waals surface area contributed by atoms with Crippen LogP contribution < -0.4 is 5.32 Å². The number of hydrogen-bond acceptors (Lipinski definition) is 4. The molecule has 15 heavy (non-hydrogen) atoms. The SMILES string of the molecule is CC(=O)NCC(C)OC(=O)OC(C)(C)C. The number of carbonyl (C=O) groups excluding carboxylic acids is 2. The standard InChI is InChI=1S/C10H19NO4/c1-7(6-11-8(2)12)14-9(13)15-10(3,4)5/h7H,6H2,1-5H3,(H,11,12). The van der Waals surface area contributed by atoms with Gasteiger partial charge in [-0.15, -0.1) is 0 Å². The first-order chi connectivity index (χ1) is 6.70. The highest BCUT2D eigenvalue weighted by molar-refractivity contribution is 5.72. The topological polar surface area (TPSA) is 64.6 Å². The number of carbonyl (C=O) groups is 2. The highest BCUT2D eigenvalue weighted by atomic mass is 16.7. The molecule has 0 saturated heterocycles. The van der Waals surface area contributed by atoms with Gasteiger partial charge in [-0.25, -0.2) is 4.79 Å². The van der Waals surface area contributed by atoms with Gasteiger partial charge in [0.1, 0.15) is 11.7 Å². The zero-order valence-corrected chi connectivity index (χ0v) is 9.92. The summed E-state index contributed by atoms with van der Waals surface area (Å²) in [6.45, 7) is 8.64. The molecule has 0 saturated carbocycles. The minimum Gasteiger partial charge on any atom is -0.429 e. The second-order valence-corrected chi connectivity index (χ2v) is 4.33. The number of nitrogens with one attached hydrogen (secondary N) is 1. The molecule has 0 aliphatic heterocycles. The second-order valence-electron chi connectivity index (χ2n) is 4.33. The van der Waals surface area contributed by atoms with Crippen LogP contribution in [0.1, 0.15) is 34.6 Å². The molecular weight excluding hydrogens is 198 g/mol. The summed E-state index contributed by atoms with van der Waals surface area (Å²) in [6, 6.07) is 0. The highest BCUT2D eigenvalue weighted by Gasteiger charge is 2.19. The predicted octanol–water partition coefficient (Wildman–Crippen LogP) is 1.46. The van der Waals surface area contributed by atoms with E-state index in [1.54, 1.807) is 27.7 Å². The Morgan fingerprint density at radius 1 is 1.33 bits per heavy atom. The molecule has 5 heteroatoms. The van der Waals surface area contributed by atoms with E-state index < -0.39 is 17.9 Å². The van der Waals surface area contributed by atoms with Gasteiger partial charge in [0, 0.05) is 6.92 Å². The van der Waals surface area contributed by atoms with Crippen LogP contribution in [0.15, 0.2) is 0 Å². The minimum absolute atomic E-state index is 0.158. The van der Waals surface area contributed by atoms with E-state index in [2.05, 4.69) is 5.32 Å². The van der Waals surface area contributed by atoms with E-state index in [-0.39, 0.29) is 12.5 Å². The van der Waals surface area contributed by atoms with Crippen LogP contribution in [-0.2, 0) is 14.3 Å². The third-order valence-corrected chi connectivity index (χ3v) is 1.33. The molecule has 0 radical (unpaired) electrons. The molecule has 0 bridgehead atoms. The Kier molecular flexibility index (Phi) is 5.11. The zero-order valence-electron chi connectivity index (χ0n) is 9.92. The van der Waals surface area contributed by atoms with Gasteiger partial charge in [0.25, 0.3) is 0 Å². The maximum absolute atomic E-state index is 11.2. The van der Waals surface area contributed by atoms with E-state index in [0.717, 1.165) is 0 Å². The van der Waals surface area contributed by atoms with Crippen LogP contribution in [-0.4, -0.2) is 30.3 Å². The molecule has 1 N–H and O–H groups in total. The average molecular weight is 217 g/mol. The zero-order chi connectivity index (χ0) is 12.1. The molecule has 0 aromatic carbocycles. The summed E-state index contributed by atoms with van der Waals surface area (Å²) in [5.74, 6) is -0.158. The third kappa shape index (κ3) is 9.05. The number of ether oxygens (including phenoxy) is 2. The first-order valence-electron chi connectivity index (χ1n) is 4.85. The largest absolute Gasteiger partial charge is 0.509 e. The molecule has 0 aromatic heterocycles. The lowest BCUT2D eigenvalue weighted by Crippen LogP contribution is -2.33. The Hall–Kier alpha value is -1.26. The van der Waals surface area contributed by atoms with Crippen molar-refractivity contribution in [2.75, 3.05) is 6.54 Å². The van der Waals surface area contributed by atoms with E-state index in [0.29, 0.717) is 0 Å². The Bertz CT molecular complexity index is 232. The van der Waals surface area contributed by atoms with Crippen molar-refractivity contribution >= 4 is 12.1 Å². The lowest BCUT2D eigenvalue weighted by atomic mass is 10.2. The smallest absolute Gasteiger partial charge is 0.429 e. The second kappa shape index (κ2) is 5.58. The Labute approximate surface area is 90.1 Å². The molecule has 0 aliphatic carbocycles. The van der Waals surface area contributed by atoms with E-state index in [1.807, 2.05) is 0 Å². The number of hydrogen-bond donors (Lipinski definition) is 1. The van der Waals surface area contributed by atoms with E-state index in [9.17, 15) is 9.59 Å². The van der Waals surface area contributed by atoms with Crippen LogP contribution in [0.4, 0.5) is 4.79 Å². The first-order valence-corrected chi connectivity index (χ1v) is 4.85. The maximum Gasteiger partial charge on any atom is 0.509 e. The summed E-state index contributed by atoms with van der Waals surface area (Å²) < 4.78 is 9.84. The van der Waals surface area contributed by atoms with E-state index in [1.165, 1.54) is 6.92 Å². The molecular formula is C10H19NO4. The molecule has 0 aliphatic rings. The summed E-state index contributed by atoms with van der Waals surface area (Å²) in [7, 11) is 0. The van der Waals surface area contributed by atoms with Crippen molar-refractivity contribution in [3.8, 4) is 0 Å². The van der Waals surface area contributed by atoms with Crippen LogP contribution >= 0.6 is 0 Å². The van der Waals surface area contributed by atoms with Crippen LogP contribution in [0.25, 0.3) is 0 Å². The van der Waals surface area contributed by atoms with Crippen molar-refractivity contribution in [1.29, 1.82) is 0 Å². The van der Waals surface area contributed by atoms with Crippen LogP contribution in [0, 0.1) is 0 Å². The van der Waals surface area contributed by atoms with Gasteiger partial charge in [0.2, 0.25) is 5.91 Å². The fraction of sp³-hybridized carbons (Fsp3) is 0.800. The van der Waals surface area contributed by atoms with Crippen LogP contribution in [0.2, 0.25) is 0 Å².